The van der Waals surface area contributed by atoms with E-state index in [2.05, 4.69) is 378 Å². The van der Waals surface area contributed by atoms with Crippen molar-refractivity contribution in [1.29, 1.82) is 0 Å². The Labute approximate surface area is 952 Å². The molecule has 30 heteroatoms. The molecule has 0 heterocycles. The number of phenolic OH excluding ortho intramolecular Hbond substituents is 6. The van der Waals surface area contributed by atoms with Crippen molar-refractivity contribution in [1.82, 2.24) is 0 Å². The molecule has 0 radical (unpaired) electrons. The van der Waals surface area contributed by atoms with E-state index < -0.39 is 0 Å². The molecule has 0 saturated carbocycles. The van der Waals surface area contributed by atoms with E-state index in [1.54, 1.807) is 6.07 Å². The van der Waals surface area contributed by atoms with Gasteiger partial charge in [0, 0.05) is 43.0 Å². The zero-order valence-electron chi connectivity index (χ0n) is 87.4. The zero-order valence-corrected chi connectivity index (χ0v) is 107. The van der Waals surface area contributed by atoms with Crippen LogP contribution in [0.2, 0.25) is 0 Å². The predicted octanol–water partition coefficient (Wildman–Crippen LogP) is 27.9. The third-order valence-corrected chi connectivity index (χ3v) is 31.4. The first-order chi connectivity index (χ1) is 66.8. The van der Waals surface area contributed by atoms with Crippen LogP contribution in [0.25, 0.3) is 31.9 Å². The topological polar surface area (TPSA) is 206 Å². The molecule has 6 unspecified atom stereocenters. The van der Waals surface area contributed by atoms with E-state index in [1.807, 2.05) is 106 Å². The standard InChI is InChI=1S/C23H33NOP.2C20H27NOP.C17H21NOP.C16H19NOP.C15H17NOP.6ClH.6Ti/c1-15-10-9-11-16(14-24-8)21(15)26-19-13-17(22(2,3)4)12-18(20(19)25)23(5,6)7;1-13-10-16(20(3,4)5)18(22)17(11-13)23-19-14(2)8-7-9-15(19)12-21-6;1-13-8-7-9-15(12-21-6)19(13)23-17-11-16(20(3,4)5)10-14(2)18(17)22;1-11-8-13(3)16(19)15(9-11)20-17-12(2)6-5-7-14(17)10-18-4;1-11-7-8-14(13(9-11)10-17-3)19-15-6-4-5-12(2)16(15)18;1-11-7-8-14(12(9-11)10-16-2)18-15-6-4-3-5-13(15)17;;;;;;;;;;;;/h9-13,25-26H,14H2,1-8H3;2*7-11,22-23H,12H2,1-6H3;5-9,19-20H,10H2,1-4H3;4-9,18-19H,10H2,1-3H3;3-9,17-18H,10H2,1-2H3;6*1H;;;;;;/q6*-1;;;;;;;6*+2/p-6. The molecule has 12 nitrogen and oxygen atoms in total. The van der Waals surface area contributed by atoms with Gasteiger partial charge in [-0.25, -0.2) is 0 Å². The molecule has 0 aliphatic heterocycles. The number of aryl methyl sites for hydroxylation is 11. The summed E-state index contributed by atoms with van der Waals surface area (Å²) in [6.07, 6.45) is 0. The van der Waals surface area contributed by atoms with Crippen LogP contribution in [-0.4, -0.2) is 72.9 Å². The summed E-state index contributed by atoms with van der Waals surface area (Å²) < 4.78 is 0. The fraction of sp³-hybridized carbons (Fsp3) is 0.351. The van der Waals surface area contributed by atoms with Gasteiger partial charge in [-0.2, -0.15) is 42.3 Å². The van der Waals surface area contributed by atoms with Crippen LogP contribution >= 0.6 is 107 Å². The summed E-state index contributed by atoms with van der Waals surface area (Å²) in [5, 5.41) is 102. The van der Waals surface area contributed by atoms with Gasteiger partial charge < -0.3 is 62.5 Å². The molecule has 0 amide bonds. The minimum atomic E-state index is -0.0993. The maximum atomic E-state index is 11.1. The summed E-state index contributed by atoms with van der Waals surface area (Å²) in [6, 6.07) is 68.7. The summed E-state index contributed by atoms with van der Waals surface area (Å²) in [5.41, 5.74) is 24.9. The van der Waals surface area contributed by atoms with E-state index in [9.17, 15) is 30.6 Å². The van der Waals surface area contributed by atoms with Crippen LogP contribution in [0, 0.1) is 76.2 Å². The van der Waals surface area contributed by atoms with Crippen LogP contribution in [-0.2, 0) is 177 Å². The zero-order chi connectivity index (χ0) is 108. The Morgan fingerprint density at radius 2 is 0.489 bits per heavy atom. The number of halogens is 6. The van der Waals surface area contributed by atoms with Crippen molar-refractivity contribution in [2.75, 3.05) is 42.3 Å². The number of nitrogens with zero attached hydrogens (tertiary/aromatic N) is 6. The monoisotopic (exact) mass is 2340 g/mol. The van der Waals surface area contributed by atoms with E-state index in [0.29, 0.717) is 86.0 Å². The van der Waals surface area contributed by atoms with Gasteiger partial charge in [-0.1, -0.05) is 349 Å². The Hall–Kier alpha value is -2.19. The van der Waals surface area contributed by atoms with Crippen LogP contribution in [0.15, 0.2) is 200 Å². The summed E-state index contributed by atoms with van der Waals surface area (Å²) in [5.74, 6) is 2.54. The normalized spacial score (nSPS) is 11.1. The summed E-state index contributed by atoms with van der Waals surface area (Å²) in [4.78, 5) is 0. The Morgan fingerprint density at radius 1 is 0.220 bits per heavy atom. The van der Waals surface area contributed by atoms with Gasteiger partial charge in [0.05, 0.1) is 0 Å². The summed E-state index contributed by atoms with van der Waals surface area (Å²) in [6.45, 7) is 53.4. The number of phenols is 6. The van der Waals surface area contributed by atoms with Gasteiger partial charge in [0.2, 0.25) is 0 Å². The number of para-hydroxylation sites is 2. The molecule has 0 aromatic heterocycles. The van der Waals surface area contributed by atoms with Crippen molar-refractivity contribution in [2.24, 2.45) is 0 Å². The molecule has 0 fully saturated rings. The quantitative estimate of drug-likeness (QED) is 0.0256. The van der Waals surface area contributed by atoms with Gasteiger partial charge in [0.1, 0.15) is 34.5 Å². The van der Waals surface area contributed by atoms with Crippen molar-refractivity contribution < 1.29 is 147 Å². The molecule has 0 aliphatic rings. The average molecular weight is 2340 g/mol. The molecule has 12 aromatic carbocycles. The SMILES string of the molecule is C[N-]Cc1cc(C)ccc1Pc1cccc(C)c1O.C[N-]Cc1cc(C)ccc1Pc1ccccc1O.C[N-]Cc1cccc(C)c1Pc1cc(C(C)(C)C)cc(C(C)(C)C)c1O.C[N-]Cc1cccc(C)c1Pc1cc(C(C)(C)C)cc(C)c1O.C[N-]Cc1cccc(C)c1Pc1cc(C)cc(C(C)(C)C)c1O.C[N-]Cc1cccc(C)c1Pc1cc(C)cc(C)c1O.[Cl][Ti+].[Cl][Ti+].[Cl][Ti+].[Cl][Ti+].[Cl][Ti+].[Cl][Ti+]. The van der Waals surface area contributed by atoms with Crippen molar-refractivity contribution >= 4 is 171 Å². The van der Waals surface area contributed by atoms with E-state index in [4.69, 9.17) is 0 Å². The Kier molecular flexibility index (Phi) is 69.5. The molecule has 12 rings (SSSR count). The minimum absolute atomic E-state index is 0.0419. The van der Waals surface area contributed by atoms with Gasteiger partial charge in [-0.3, -0.25) is 0 Å². The third kappa shape index (κ3) is 46.1. The first kappa shape index (κ1) is 137. The fourth-order valence-corrected chi connectivity index (χ4v) is 22.9. The molecule has 6 N–H and O–H groups in total. The van der Waals surface area contributed by atoms with E-state index >= 15 is 0 Å². The Morgan fingerprint density at radius 3 is 0.830 bits per heavy atom. The van der Waals surface area contributed by atoms with Gasteiger partial charge in [-0.15, -0.1) is 39.3 Å². The Bertz CT molecular complexity index is 5740. The van der Waals surface area contributed by atoms with Gasteiger partial charge in [-0.05, 0) is 221 Å². The van der Waals surface area contributed by atoms with Crippen molar-refractivity contribution in [3.8, 4) is 34.5 Å². The molecule has 12 aromatic rings. The van der Waals surface area contributed by atoms with Crippen molar-refractivity contribution in [3.05, 3.63) is 349 Å². The van der Waals surface area contributed by atoms with Crippen LogP contribution in [0.1, 0.15) is 200 Å². The predicted molar refractivity (Wildman–Crippen MR) is 613 cm³/mol. The van der Waals surface area contributed by atoms with E-state index in [-0.39, 0.29) is 21.7 Å². The van der Waals surface area contributed by atoms with Crippen molar-refractivity contribution in [3.63, 3.8) is 0 Å². The van der Waals surface area contributed by atoms with E-state index in [1.165, 1.54) is 237 Å². The molecule has 0 saturated heterocycles. The number of benzene rings is 12. The second kappa shape index (κ2) is 71.6. The second-order valence-electron chi connectivity index (χ2n) is 37.6. The summed E-state index contributed by atoms with van der Waals surface area (Å²) in [7, 11) is 41.6. The first-order valence-corrected chi connectivity index (χ1v) is 64.2. The maximum absolute atomic E-state index is 11.1. The Balaban J connectivity index is 0.000000830. The van der Waals surface area contributed by atoms with Gasteiger partial charge >= 0.3 is 172 Å². The molecular weight excluding hydrogens is 2200 g/mol. The molecule has 6 atom stereocenters. The van der Waals surface area contributed by atoms with Gasteiger partial charge in [0.15, 0.2) is 0 Å². The second-order valence-corrected chi connectivity index (χ2v) is 45.4. The average Bonchev–Trinajstić information content (AvgIpc) is 0.791. The molecule has 0 bridgehead atoms. The molecular formula is C111H144Cl6N6O6P6Ti6. The first-order valence-electron chi connectivity index (χ1n) is 45.3. The van der Waals surface area contributed by atoms with Crippen molar-refractivity contribution in [2.45, 2.75) is 220 Å². The number of hydrogen-bond donors (Lipinski definition) is 6. The van der Waals surface area contributed by atoms with Gasteiger partial charge in [0.25, 0.3) is 0 Å². The third-order valence-electron chi connectivity index (χ3n) is 22.1. The van der Waals surface area contributed by atoms with E-state index in [0.717, 1.165) is 98.9 Å². The molecule has 141 heavy (non-hydrogen) atoms. The number of rotatable bonds is 24. The summed E-state index contributed by atoms with van der Waals surface area (Å²) >= 11 is 8.83. The van der Waals surface area contributed by atoms with Crippen LogP contribution in [0.4, 0.5) is 0 Å². The molecule has 750 valence electrons. The van der Waals surface area contributed by atoms with Crippen LogP contribution < -0.4 is 63.7 Å². The molecule has 0 spiro atoms. The fourth-order valence-electron chi connectivity index (χ4n) is 14.8. The number of aromatic hydroxyl groups is 6. The van der Waals surface area contributed by atoms with Crippen LogP contribution in [0.3, 0.4) is 0 Å². The molecule has 0 aliphatic carbocycles. The van der Waals surface area contributed by atoms with Crippen LogP contribution in [0.5, 0.6) is 34.5 Å². The number of hydrogen-bond acceptors (Lipinski definition) is 6.